The first kappa shape index (κ1) is 22.0. The summed E-state index contributed by atoms with van der Waals surface area (Å²) in [5.41, 5.74) is 3.30. The molecule has 0 fully saturated rings. The summed E-state index contributed by atoms with van der Waals surface area (Å²) in [5, 5.41) is 0. The van der Waals surface area contributed by atoms with E-state index in [0.717, 1.165) is 28.9 Å². The minimum absolute atomic E-state index is 0.268. The van der Waals surface area contributed by atoms with Gasteiger partial charge in [0.25, 0.3) is 0 Å². The molecule has 2 aromatic carbocycles. The molecular formula is C25H24FNO4. The molecule has 6 heteroatoms. The van der Waals surface area contributed by atoms with E-state index in [4.69, 9.17) is 9.47 Å². The number of carbonyl (C=O) groups excluding carboxylic acids is 2. The second-order valence-electron chi connectivity index (χ2n) is 6.93. The fraction of sp³-hybridized carbons (Fsp3) is 0.200. The van der Waals surface area contributed by atoms with Gasteiger partial charge in [0, 0.05) is 34.3 Å². The first-order valence-electron chi connectivity index (χ1n) is 9.95. The van der Waals surface area contributed by atoms with Gasteiger partial charge in [0.05, 0.1) is 6.61 Å². The Morgan fingerprint density at radius 2 is 1.77 bits per heavy atom. The van der Waals surface area contributed by atoms with Crippen LogP contribution >= 0.6 is 0 Å². The van der Waals surface area contributed by atoms with E-state index >= 15 is 0 Å². The summed E-state index contributed by atoms with van der Waals surface area (Å²) in [4.78, 5) is 24.6. The average Bonchev–Trinajstić information content (AvgIpc) is 3.06. The van der Waals surface area contributed by atoms with Crippen LogP contribution in [-0.4, -0.2) is 29.5 Å². The monoisotopic (exact) mass is 421 g/mol. The number of carbonyl (C=O) groups is 2. The highest BCUT2D eigenvalue weighted by molar-refractivity contribution is 6.00. The third-order valence-corrected chi connectivity index (χ3v) is 4.79. The third kappa shape index (κ3) is 5.28. The van der Waals surface area contributed by atoms with Crippen LogP contribution in [0.1, 0.15) is 34.2 Å². The number of rotatable bonds is 8. The van der Waals surface area contributed by atoms with Gasteiger partial charge in [0.1, 0.15) is 11.6 Å². The fourth-order valence-corrected chi connectivity index (χ4v) is 3.33. The number of ether oxygens (including phenoxy) is 2. The van der Waals surface area contributed by atoms with Crippen molar-refractivity contribution < 1.29 is 23.5 Å². The number of hydrogen-bond acceptors (Lipinski definition) is 4. The first-order chi connectivity index (χ1) is 14.9. The van der Waals surface area contributed by atoms with Crippen LogP contribution in [0.2, 0.25) is 0 Å². The van der Waals surface area contributed by atoms with Crippen molar-refractivity contribution in [1.29, 1.82) is 0 Å². The summed E-state index contributed by atoms with van der Waals surface area (Å²) in [6.45, 7) is 5.87. The summed E-state index contributed by atoms with van der Waals surface area (Å²) < 4.78 is 26.1. The van der Waals surface area contributed by atoms with E-state index in [1.165, 1.54) is 12.1 Å². The topological polar surface area (TPSA) is 57.5 Å². The van der Waals surface area contributed by atoms with Gasteiger partial charge in [-0.05, 0) is 63.2 Å². The van der Waals surface area contributed by atoms with Crippen molar-refractivity contribution in [3.05, 3.63) is 89.0 Å². The zero-order chi connectivity index (χ0) is 22.4. The second kappa shape index (κ2) is 9.89. The molecule has 0 spiro atoms. The molecule has 0 atom stereocenters. The van der Waals surface area contributed by atoms with Crippen LogP contribution in [0.3, 0.4) is 0 Å². The molecule has 0 N–H and O–H groups in total. The average molecular weight is 421 g/mol. The normalized spacial score (nSPS) is 11.0. The molecule has 1 heterocycles. The number of aromatic nitrogens is 1. The van der Waals surface area contributed by atoms with Crippen molar-refractivity contribution in [3.8, 4) is 11.4 Å². The van der Waals surface area contributed by atoms with Crippen LogP contribution in [0.25, 0.3) is 11.8 Å². The van der Waals surface area contributed by atoms with Crippen LogP contribution in [0.4, 0.5) is 4.39 Å². The summed E-state index contributed by atoms with van der Waals surface area (Å²) in [7, 11) is 0. The lowest BCUT2D eigenvalue weighted by molar-refractivity contribution is -0.136. The van der Waals surface area contributed by atoms with Crippen molar-refractivity contribution in [2.45, 2.75) is 20.8 Å². The van der Waals surface area contributed by atoms with E-state index in [0.29, 0.717) is 12.2 Å². The zero-order valence-electron chi connectivity index (χ0n) is 17.7. The van der Waals surface area contributed by atoms with Crippen LogP contribution in [0.15, 0.2) is 60.7 Å². The molecule has 0 aliphatic carbocycles. The van der Waals surface area contributed by atoms with Gasteiger partial charge in [0.15, 0.2) is 6.61 Å². The SMILES string of the molecule is CCOc1ccc(-n2c(C)cc(C(=O)COC(=O)/C=C/c3ccccc3F)c2C)cc1. The third-order valence-electron chi connectivity index (χ3n) is 4.79. The van der Waals surface area contributed by atoms with Crippen molar-refractivity contribution in [1.82, 2.24) is 4.57 Å². The fourth-order valence-electron chi connectivity index (χ4n) is 3.33. The smallest absolute Gasteiger partial charge is 0.331 e. The Balaban J connectivity index is 1.67. The van der Waals surface area contributed by atoms with Gasteiger partial charge < -0.3 is 14.0 Å². The molecule has 0 aliphatic heterocycles. The molecule has 1 aromatic heterocycles. The van der Waals surface area contributed by atoms with Crippen molar-refractivity contribution in [2.75, 3.05) is 13.2 Å². The zero-order valence-corrected chi connectivity index (χ0v) is 17.7. The van der Waals surface area contributed by atoms with Crippen LogP contribution < -0.4 is 4.74 Å². The largest absolute Gasteiger partial charge is 0.494 e. The highest BCUT2D eigenvalue weighted by atomic mass is 19.1. The molecule has 0 unspecified atom stereocenters. The van der Waals surface area contributed by atoms with Crippen molar-refractivity contribution >= 4 is 17.8 Å². The van der Waals surface area contributed by atoms with E-state index in [2.05, 4.69) is 0 Å². The highest BCUT2D eigenvalue weighted by Crippen LogP contribution is 2.23. The Hall–Kier alpha value is -3.67. The van der Waals surface area contributed by atoms with E-state index in [9.17, 15) is 14.0 Å². The van der Waals surface area contributed by atoms with Gasteiger partial charge in [0.2, 0.25) is 5.78 Å². The molecule has 160 valence electrons. The maximum atomic E-state index is 13.6. The van der Waals surface area contributed by atoms with E-state index in [1.54, 1.807) is 24.3 Å². The Morgan fingerprint density at radius 1 is 1.06 bits per heavy atom. The van der Waals surface area contributed by atoms with Gasteiger partial charge in [-0.1, -0.05) is 18.2 Å². The number of benzene rings is 2. The Labute approximate surface area is 180 Å². The number of ketones is 1. The molecule has 0 aliphatic rings. The van der Waals surface area contributed by atoms with E-state index in [-0.39, 0.29) is 11.3 Å². The summed E-state index contributed by atoms with van der Waals surface area (Å²) >= 11 is 0. The molecular weight excluding hydrogens is 397 g/mol. The molecule has 31 heavy (non-hydrogen) atoms. The second-order valence-corrected chi connectivity index (χ2v) is 6.93. The van der Waals surface area contributed by atoms with Crippen LogP contribution in [0, 0.1) is 19.7 Å². The van der Waals surface area contributed by atoms with Gasteiger partial charge in [-0.15, -0.1) is 0 Å². The quantitative estimate of drug-likeness (QED) is 0.289. The summed E-state index contributed by atoms with van der Waals surface area (Å²) in [5.74, 6) is -0.681. The van der Waals surface area contributed by atoms with Gasteiger partial charge in [-0.25, -0.2) is 9.18 Å². The Kier molecular flexibility index (Phi) is 7.03. The standard InChI is InChI=1S/C25H24FNO4/c1-4-30-21-12-10-20(11-13-21)27-17(2)15-22(18(27)3)24(28)16-31-25(29)14-9-19-7-5-6-8-23(19)26/h5-15H,4,16H2,1-3H3/b14-9+. The number of esters is 1. The van der Waals surface area contributed by atoms with Crippen molar-refractivity contribution in [3.63, 3.8) is 0 Å². The molecule has 0 bridgehead atoms. The van der Waals surface area contributed by atoms with Crippen LogP contribution in [-0.2, 0) is 9.53 Å². The lowest BCUT2D eigenvalue weighted by Crippen LogP contribution is -2.13. The molecule has 3 aromatic rings. The summed E-state index contributed by atoms with van der Waals surface area (Å²) in [6.07, 6.45) is 2.43. The molecule has 0 saturated carbocycles. The first-order valence-corrected chi connectivity index (χ1v) is 9.95. The maximum absolute atomic E-state index is 13.6. The minimum Gasteiger partial charge on any atom is -0.494 e. The number of nitrogens with zero attached hydrogens (tertiary/aromatic N) is 1. The summed E-state index contributed by atoms with van der Waals surface area (Å²) in [6, 6.07) is 15.4. The number of halogens is 1. The van der Waals surface area contributed by atoms with Gasteiger partial charge >= 0.3 is 5.97 Å². The Morgan fingerprint density at radius 3 is 2.45 bits per heavy atom. The minimum atomic E-state index is -0.711. The molecule has 0 saturated heterocycles. The molecule has 5 nitrogen and oxygen atoms in total. The van der Waals surface area contributed by atoms with Gasteiger partial charge in [-0.3, -0.25) is 4.79 Å². The lowest BCUT2D eigenvalue weighted by atomic mass is 10.1. The molecule has 0 radical (unpaired) electrons. The molecule has 3 rings (SSSR count). The number of aryl methyl sites for hydroxylation is 1. The lowest BCUT2D eigenvalue weighted by Gasteiger charge is -2.11. The molecule has 0 amide bonds. The van der Waals surface area contributed by atoms with Crippen LogP contribution in [0.5, 0.6) is 5.75 Å². The van der Waals surface area contributed by atoms with Gasteiger partial charge in [-0.2, -0.15) is 0 Å². The predicted molar refractivity (Wildman–Crippen MR) is 117 cm³/mol. The predicted octanol–water partition coefficient (Wildman–Crippen LogP) is 5.07. The number of hydrogen-bond donors (Lipinski definition) is 0. The number of Topliss-reactive ketones (excluding diaryl/α,β-unsaturated/α-hetero) is 1. The Bertz CT molecular complexity index is 1110. The van der Waals surface area contributed by atoms with Crippen molar-refractivity contribution in [2.24, 2.45) is 0 Å². The van der Waals surface area contributed by atoms with E-state index in [1.807, 2.05) is 49.6 Å². The van der Waals surface area contributed by atoms with E-state index < -0.39 is 18.4 Å². The highest BCUT2D eigenvalue weighted by Gasteiger charge is 2.18. The maximum Gasteiger partial charge on any atom is 0.331 e.